The molecule has 5 nitrogen and oxygen atoms in total. The second kappa shape index (κ2) is 9.56. The van der Waals surface area contributed by atoms with E-state index in [9.17, 15) is 4.79 Å². The van der Waals surface area contributed by atoms with Gasteiger partial charge in [-0.2, -0.15) is 0 Å². The quantitative estimate of drug-likeness (QED) is 0.444. The maximum atomic E-state index is 12.9. The summed E-state index contributed by atoms with van der Waals surface area (Å²) in [6.07, 6.45) is 3.47. The number of hydrogen-bond acceptors (Lipinski definition) is 3. The summed E-state index contributed by atoms with van der Waals surface area (Å²) in [5.74, 6) is 0.204. The maximum Gasteiger partial charge on any atom is 0.257 e. The highest BCUT2D eigenvalue weighted by atomic mass is 16.1. The average molecular weight is 415 g/mol. The summed E-state index contributed by atoms with van der Waals surface area (Å²) in [4.78, 5) is 21.5. The van der Waals surface area contributed by atoms with E-state index in [2.05, 4.69) is 55.2 Å². The van der Waals surface area contributed by atoms with Crippen LogP contribution in [0.2, 0.25) is 0 Å². The third-order valence-corrected chi connectivity index (χ3v) is 5.18. The minimum atomic E-state index is -0.203. The molecule has 2 aromatic carbocycles. The minimum absolute atomic E-state index is 0.0387. The van der Waals surface area contributed by atoms with Crippen molar-refractivity contribution in [2.75, 3.05) is 5.32 Å². The van der Waals surface area contributed by atoms with Gasteiger partial charge in [0.25, 0.3) is 5.91 Å². The molecule has 31 heavy (non-hydrogen) atoms. The number of guanidine groups is 1. The molecule has 0 fully saturated rings. The Bertz CT molecular complexity index is 1060. The molecule has 0 atom stereocenters. The van der Waals surface area contributed by atoms with Gasteiger partial charge < -0.3 is 5.32 Å². The lowest BCUT2D eigenvalue weighted by Gasteiger charge is -2.19. The number of rotatable bonds is 4. The second-order valence-electron chi connectivity index (χ2n) is 8.73. The number of hydrogen-bond donors (Lipinski definition) is 2. The van der Waals surface area contributed by atoms with E-state index in [0.29, 0.717) is 18.1 Å². The van der Waals surface area contributed by atoms with Crippen molar-refractivity contribution >= 4 is 17.6 Å². The number of aryl methyl sites for hydroxylation is 2. The lowest BCUT2D eigenvalue weighted by Crippen LogP contribution is -2.36. The zero-order valence-electron chi connectivity index (χ0n) is 18.9. The molecule has 1 heterocycles. The molecule has 0 unspecified atom stereocenters. The van der Waals surface area contributed by atoms with Crippen LogP contribution in [0.1, 0.15) is 53.4 Å². The summed E-state index contributed by atoms with van der Waals surface area (Å²) in [6, 6.07) is 17.6. The smallest absolute Gasteiger partial charge is 0.257 e. The van der Waals surface area contributed by atoms with Gasteiger partial charge in [-0.15, -0.1) is 0 Å². The van der Waals surface area contributed by atoms with Gasteiger partial charge in [-0.05, 0) is 77.9 Å². The first-order chi connectivity index (χ1) is 14.7. The Hall–Kier alpha value is -3.47. The molecule has 3 rings (SSSR count). The van der Waals surface area contributed by atoms with Crippen LogP contribution < -0.4 is 10.6 Å². The number of aromatic nitrogens is 1. The zero-order valence-corrected chi connectivity index (χ0v) is 18.9. The second-order valence-corrected chi connectivity index (χ2v) is 8.73. The van der Waals surface area contributed by atoms with Crippen LogP contribution in [0.3, 0.4) is 0 Å². The number of carbonyl (C=O) groups excluding carboxylic acids is 1. The lowest BCUT2D eigenvalue weighted by molar-refractivity contribution is 0.0977. The first-order valence-electron chi connectivity index (χ1n) is 10.4. The van der Waals surface area contributed by atoms with E-state index in [1.54, 1.807) is 12.4 Å². The van der Waals surface area contributed by atoms with Crippen LogP contribution in [0.5, 0.6) is 0 Å². The number of pyridine rings is 1. The molecular weight excluding hydrogens is 384 g/mol. The van der Waals surface area contributed by atoms with Gasteiger partial charge in [0.1, 0.15) is 0 Å². The number of nitrogens with one attached hydrogen (secondary N) is 2. The molecule has 5 heteroatoms. The van der Waals surface area contributed by atoms with E-state index >= 15 is 0 Å². The SMILES string of the molecule is Cc1ccc(NC(=NCc2ccncc2)NC(=O)c2ccc(C(C)(C)C)cc2)cc1C. The van der Waals surface area contributed by atoms with Crippen molar-refractivity contribution in [2.45, 2.75) is 46.6 Å². The number of carbonyl (C=O) groups is 1. The topological polar surface area (TPSA) is 66.4 Å². The van der Waals surface area contributed by atoms with E-state index in [-0.39, 0.29) is 11.3 Å². The fourth-order valence-electron chi connectivity index (χ4n) is 3.03. The first kappa shape index (κ1) is 22.2. The van der Waals surface area contributed by atoms with Crippen molar-refractivity contribution in [1.82, 2.24) is 10.3 Å². The van der Waals surface area contributed by atoms with Gasteiger partial charge >= 0.3 is 0 Å². The minimum Gasteiger partial charge on any atom is -0.326 e. The molecule has 0 radical (unpaired) electrons. The number of nitrogens with zero attached hydrogens (tertiary/aromatic N) is 2. The van der Waals surface area contributed by atoms with Crippen LogP contribution >= 0.6 is 0 Å². The molecule has 0 aliphatic heterocycles. The fraction of sp³-hybridized carbons (Fsp3) is 0.269. The Kier molecular flexibility index (Phi) is 6.85. The van der Waals surface area contributed by atoms with Gasteiger partial charge in [0.2, 0.25) is 5.96 Å². The van der Waals surface area contributed by atoms with Crippen molar-refractivity contribution in [3.8, 4) is 0 Å². The normalized spacial score (nSPS) is 11.8. The molecule has 2 N–H and O–H groups in total. The Morgan fingerprint density at radius 2 is 1.61 bits per heavy atom. The van der Waals surface area contributed by atoms with E-state index in [4.69, 9.17) is 0 Å². The van der Waals surface area contributed by atoms with Gasteiger partial charge in [0.05, 0.1) is 6.54 Å². The van der Waals surface area contributed by atoms with Crippen LogP contribution in [-0.4, -0.2) is 16.9 Å². The summed E-state index contributed by atoms with van der Waals surface area (Å²) in [6.45, 7) is 11.0. The fourth-order valence-corrected chi connectivity index (χ4v) is 3.03. The highest BCUT2D eigenvalue weighted by Gasteiger charge is 2.15. The molecule has 0 bridgehead atoms. The van der Waals surface area contributed by atoms with Gasteiger partial charge in [-0.25, -0.2) is 4.99 Å². The molecule has 160 valence electrons. The summed E-state index contributed by atoms with van der Waals surface area (Å²) in [5, 5.41) is 6.18. The molecule has 0 saturated carbocycles. The van der Waals surface area contributed by atoms with Crippen molar-refractivity contribution in [3.63, 3.8) is 0 Å². The Labute approximate surface area is 184 Å². The number of benzene rings is 2. The molecular formula is C26H30N4O. The largest absolute Gasteiger partial charge is 0.326 e. The molecule has 0 aliphatic carbocycles. The third kappa shape index (κ3) is 6.25. The van der Waals surface area contributed by atoms with E-state index in [0.717, 1.165) is 11.3 Å². The van der Waals surface area contributed by atoms with Crippen LogP contribution in [0.15, 0.2) is 72.0 Å². The molecule has 0 aliphatic rings. The van der Waals surface area contributed by atoms with E-state index < -0.39 is 0 Å². The zero-order chi connectivity index (χ0) is 22.4. The van der Waals surface area contributed by atoms with Crippen LogP contribution in [0.25, 0.3) is 0 Å². The summed E-state index contributed by atoms with van der Waals surface area (Å²) in [7, 11) is 0. The third-order valence-electron chi connectivity index (χ3n) is 5.18. The highest BCUT2D eigenvalue weighted by molar-refractivity contribution is 6.10. The van der Waals surface area contributed by atoms with Crippen LogP contribution in [-0.2, 0) is 12.0 Å². The van der Waals surface area contributed by atoms with Crippen molar-refractivity contribution in [2.24, 2.45) is 4.99 Å². The molecule has 0 saturated heterocycles. The summed E-state index contributed by atoms with van der Waals surface area (Å²) < 4.78 is 0. The van der Waals surface area contributed by atoms with E-state index in [1.165, 1.54) is 16.7 Å². The van der Waals surface area contributed by atoms with Crippen molar-refractivity contribution < 1.29 is 4.79 Å². The summed E-state index contributed by atoms with van der Waals surface area (Å²) in [5.41, 5.74) is 6.08. The monoisotopic (exact) mass is 414 g/mol. The Balaban J connectivity index is 1.81. The molecule has 1 amide bonds. The van der Waals surface area contributed by atoms with Gasteiger partial charge in [0.15, 0.2) is 0 Å². The molecule has 0 spiro atoms. The summed E-state index contributed by atoms with van der Waals surface area (Å²) >= 11 is 0. The van der Waals surface area contributed by atoms with Gasteiger partial charge in [-0.1, -0.05) is 39.0 Å². The van der Waals surface area contributed by atoms with Gasteiger partial charge in [-0.3, -0.25) is 15.1 Å². The van der Waals surface area contributed by atoms with Crippen molar-refractivity contribution in [3.05, 3.63) is 94.8 Å². The predicted octanol–water partition coefficient (Wildman–Crippen LogP) is 5.39. The van der Waals surface area contributed by atoms with Gasteiger partial charge in [0, 0.05) is 23.6 Å². The maximum absolute atomic E-state index is 12.9. The van der Waals surface area contributed by atoms with Crippen LogP contribution in [0, 0.1) is 13.8 Å². The number of aliphatic imine (C=N–C) groups is 1. The molecule has 3 aromatic rings. The van der Waals surface area contributed by atoms with E-state index in [1.807, 2.05) is 54.6 Å². The lowest BCUT2D eigenvalue weighted by atomic mass is 9.87. The Morgan fingerprint density at radius 3 is 2.23 bits per heavy atom. The average Bonchev–Trinajstić information content (AvgIpc) is 2.75. The highest BCUT2D eigenvalue weighted by Crippen LogP contribution is 2.22. The van der Waals surface area contributed by atoms with Crippen molar-refractivity contribution in [1.29, 1.82) is 0 Å². The number of amides is 1. The standard InChI is InChI=1S/C26H30N4O/c1-18-6-11-23(16-19(18)2)29-25(28-17-20-12-14-27-15-13-20)30-24(31)21-7-9-22(10-8-21)26(3,4)5/h6-16H,17H2,1-5H3,(H2,28,29,30,31). The predicted molar refractivity (Wildman–Crippen MR) is 128 cm³/mol. The van der Waals surface area contributed by atoms with Crippen LogP contribution in [0.4, 0.5) is 5.69 Å². The Morgan fingerprint density at radius 1 is 0.935 bits per heavy atom. The number of anilines is 1. The first-order valence-corrected chi connectivity index (χ1v) is 10.4. The molecule has 1 aromatic heterocycles.